The van der Waals surface area contributed by atoms with Gasteiger partial charge in [-0.05, 0) is 76.6 Å². The summed E-state index contributed by atoms with van der Waals surface area (Å²) in [6, 6.07) is 7.59. The van der Waals surface area contributed by atoms with Gasteiger partial charge in [0, 0.05) is 18.7 Å². The average Bonchev–Trinajstić information content (AvgIpc) is 2.55. The third-order valence-corrected chi connectivity index (χ3v) is 4.18. The molecule has 1 aliphatic heterocycles. The van der Waals surface area contributed by atoms with Crippen LogP contribution in [0.1, 0.15) is 25.7 Å². The fraction of sp³-hybridized carbons (Fsp3) is 0.611. The molecule has 1 saturated heterocycles. The minimum absolute atomic E-state index is 0.102. The van der Waals surface area contributed by atoms with Gasteiger partial charge in [-0.1, -0.05) is 0 Å². The first-order valence-corrected chi connectivity index (χ1v) is 8.51. The van der Waals surface area contributed by atoms with Gasteiger partial charge in [-0.25, -0.2) is 0 Å². The number of hydrogen-bond acceptors (Lipinski definition) is 4. The van der Waals surface area contributed by atoms with Crippen LogP contribution in [0.25, 0.3) is 0 Å². The van der Waals surface area contributed by atoms with E-state index in [2.05, 4.69) is 15.5 Å². The zero-order chi connectivity index (χ0) is 16.5. The predicted molar refractivity (Wildman–Crippen MR) is 93.9 cm³/mol. The smallest absolute Gasteiger partial charge is 0.224 e. The van der Waals surface area contributed by atoms with E-state index in [9.17, 15) is 4.79 Å². The summed E-state index contributed by atoms with van der Waals surface area (Å²) in [5.41, 5.74) is 0.834. The van der Waals surface area contributed by atoms with Crippen LogP contribution in [-0.2, 0) is 4.79 Å². The number of benzene rings is 1. The van der Waals surface area contributed by atoms with Gasteiger partial charge in [-0.3, -0.25) is 4.79 Å². The number of ether oxygens (including phenoxy) is 1. The molecule has 1 aliphatic rings. The van der Waals surface area contributed by atoms with Crippen molar-refractivity contribution in [3.63, 3.8) is 0 Å². The quantitative estimate of drug-likeness (QED) is 0.772. The van der Waals surface area contributed by atoms with E-state index in [0.29, 0.717) is 18.9 Å². The van der Waals surface area contributed by atoms with Crippen molar-refractivity contribution in [1.29, 1.82) is 0 Å². The molecule has 128 valence electrons. The highest BCUT2D eigenvalue weighted by Crippen LogP contribution is 2.19. The van der Waals surface area contributed by atoms with Crippen molar-refractivity contribution in [1.82, 2.24) is 10.2 Å². The number of anilines is 1. The second-order valence-corrected chi connectivity index (χ2v) is 6.46. The molecule has 0 saturated carbocycles. The molecule has 0 radical (unpaired) electrons. The number of nitrogens with zero attached hydrogens (tertiary/aromatic N) is 1. The van der Waals surface area contributed by atoms with E-state index >= 15 is 0 Å². The Hall–Kier alpha value is -1.59. The summed E-state index contributed by atoms with van der Waals surface area (Å²) in [4.78, 5) is 14.1. The van der Waals surface area contributed by atoms with Crippen LogP contribution >= 0.6 is 0 Å². The lowest BCUT2D eigenvalue weighted by atomic mass is 9.93. The van der Waals surface area contributed by atoms with Gasteiger partial charge in [0.05, 0.1) is 0 Å². The molecule has 2 N–H and O–H groups in total. The molecule has 0 bridgehead atoms. The molecule has 0 aromatic heterocycles. The van der Waals surface area contributed by atoms with Crippen molar-refractivity contribution in [3.05, 3.63) is 24.3 Å². The number of piperidine rings is 1. The van der Waals surface area contributed by atoms with Crippen LogP contribution in [0.15, 0.2) is 24.3 Å². The highest BCUT2D eigenvalue weighted by Gasteiger charge is 2.14. The number of carbonyl (C=O) groups excluding carboxylic acids is 1. The largest absolute Gasteiger partial charge is 0.492 e. The minimum Gasteiger partial charge on any atom is -0.492 e. The molecule has 5 heteroatoms. The van der Waals surface area contributed by atoms with Gasteiger partial charge in [0.1, 0.15) is 12.4 Å². The van der Waals surface area contributed by atoms with E-state index in [1.165, 1.54) is 12.8 Å². The van der Waals surface area contributed by atoms with E-state index < -0.39 is 0 Å². The van der Waals surface area contributed by atoms with Crippen molar-refractivity contribution in [2.45, 2.75) is 25.7 Å². The summed E-state index contributed by atoms with van der Waals surface area (Å²) in [7, 11) is 4.04. The summed E-state index contributed by atoms with van der Waals surface area (Å²) in [6.07, 6.45) is 3.96. The molecule has 0 aliphatic carbocycles. The van der Waals surface area contributed by atoms with Crippen molar-refractivity contribution in [2.24, 2.45) is 5.92 Å². The van der Waals surface area contributed by atoms with Crippen LogP contribution in [0.5, 0.6) is 5.75 Å². The molecular weight excluding hydrogens is 290 g/mol. The number of nitrogens with one attached hydrogen (secondary N) is 2. The zero-order valence-corrected chi connectivity index (χ0v) is 14.3. The Labute approximate surface area is 139 Å². The topological polar surface area (TPSA) is 53.6 Å². The Kier molecular flexibility index (Phi) is 7.36. The van der Waals surface area contributed by atoms with Gasteiger partial charge in [0.15, 0.2) is 0 Å². The number of carbonyl (C=O) groups is 1. The summed E-state index contributed by atoms with van der Waals surface area (Å²) >= 11 is 0. The molecule has 23 heavy (non-hydrogen) atoms. The molecule has 1 fully saturated rings. The summed E-state index contributed by atoms with van der Waals surface area (Å²) in [5, 5.41) is 6.32. The normalized spacial score (nSPS) is 15.6. The highest BCUT2D eigenvalue weighted by atomic mass is 16.5. The first kappa shape index (κ1) is 17.8. The minimum atomic E-state index is 0.102. The van der Waals surface area contributed by atoms with Gasteiger partial charge < -0.3 is 20.3 Å². The van der Waals surface area contributed by atoms with Crippen LogP contribution in [0.2, 0.25) is 0 Å². The molecule has 2 rings (SSSR count). The highest BCUT2D eigenvalue weighted by molar-refractivity contribution is 5.90. The summed E-state index contributed by atoms with van der Waals surface area (Å²) < 4.78 is 5.64. The number of amides is 1. The monoisotopic (exact) mass is 319 g/mol. The molecule has 0 atom stereocenters. The Balaban J connectivity index is 1.68. The van der Waals surface area contributed by atoms with Crippen LogP contribution < -0.4 is 15.4 Å². The van der Waals surface area contributed by atoms with Gasteiger partial charge in [-0.15, -0.1) is 0 Å². The van der Waals surface area contributed by atoms with Crippen LogP contribution in [0.3, 0.4) is 0 Å². The first-order valence-electron chi connectivity index (χ1n) is 8.51. The van der Waals surface area contributed by atoms with Crippen molar-refractivity contribution < 1.29 is 9.53 Å². The SMILES string of the molecule is CN(C)CCOc1ccc(NC(=O)CCC2CCNCC2)cc1. The summed E-state index contributed by atoms with van der Waals surface area (Å²) in [6.45, 7) is 3.72. The zero-order valence-electron chi connectivity index (χ0n) is 14.3. The van der Waals surface area contributed by atoms with Gasteiger partial charge in [-0.2, -0.15) is 0 Å². The van der Waals surface area contributed by atoms with Gasteiger partial charge >= 0.3 is 0 Å². The third-order valence-electron chi connectivity index (χ3n) is 4.18. The maximum absolute atomic E-state index is 12.0. The maximum atomic E-state index is 12.0. The summed E-state index contributed by atoms with van der Waals surface area (Å²) in [5.74, 6) is 1.62. The first-order chi connectivity index (χ1) is 11.1. The molecule has 1 aromatic rings. The molecule has 1 amide bonds. The number of likely N-dealkylation sites (N-methyl/N-ethyl adjacent to an activating group) is 1. The lowest BCUT2D eigenvalue weighted by Crippen LogP contribution is -2.28. The lowest BCUT2D eigenvalue weighted by Gasteiger charge is -2.22. The van der Waals surface area contributed by atoms with Gasteiger partial charge in [0.2, 0.25) is 5.91 Å². The van der Waals surface area contributed by atoms with E-state index in [0.717, 1.165) is 37.5 Å². The van der Waals surface area contributed by atoms with Crippen LogP contribution in [0.4, 0.5) is 5.69 Å². The Bertz CT molecular complexity index is 468. The molecule has 0 unspecified atom stereocenters. The molecule has 1 aromatic carbocycles. The van der Waals surface area contributed by atoms with Crippen LogP contribution in [0, 0.1) is 5.92 Å². The number of hydrogen-bond donors (Lipinski definition) is 2. The maximum Gasteiger partial charge on any atom is 0.224 e. The predicted octanol–water partition coefficient (Wildman–Crippen LogP) is 2.35. The Morgan fingerprint density at radius 1 is 1.26 bits per heavy atom. The van der Waals surface area contributed by atoms with E-state index in [4.69, 9.17) is 4.74 Å². The molecule has 0 spiro atoms. The van der Waals surface area contributed by atoms with E-state index in [1.807, 2.05) is 38.4 Å². The van der Waals surface area contributed by atoms with Crippen molar-refractivity contribution in [3.8, 4) is 5.75 Å². The van der Waals surface area contributed by atoms with Crippen LogP contribution in [-0.4, -0.2) is 51.1 Å². The van der Waals surface area contributed by atoms with E-state index in [1.54, 1.807) is 0 Å². The van der Waals surface area contributed by atoms with Gasteiger partial charge in [0.25, 0.3) is 0 Å². The third kappa shape index (κ3) is 7.01. The fourth-order valence-electron chi connectivity index (χ4n) is 2.71. The molecule has 1 heterocycles. The molecule has 5 nitrogen and oxygen atoms in total. The second kappa shape index (κ2) is 9.53. The second-order valence-electron chi connectivity index (χ2n) is 6.46. The number of rotatable bonds is 8. The van der Waals surface area contributed by atoms with Crippen molar-refractivity contribution in [2.75, 3.05) is 45.7 Å². The fourth-order valence-corrected chi connectivity index (χ4v) is 2.71. The average molecular weight is 319 g/mol. The standard InChI is InChI=1S/C18H29N3O2/c1-21(2)13-14-23-17-6-4-16(5-7-17)20-18(22)8-3-15-9-11-19-12-10-15/h4-7,15,19H,3,8-14H2,1-2H3,(H,20,22). The molecular formula is C18H29N3O2. The lowest BCUT2D eigenvalue weighted by molar-refractivity contribution is -0.116. The van der Waals surface area contributed by atoms with Crippen molar-refractivity contribution >= 4 is 11.6 Å². The Morgan fingerprint density at radius 3 is 2.61 bits per heavy atom. The Morgan fingerprint density at radius 2 is 1.96 bits per heavy atom. The van der Waals surface area contributed by atoms with E-state index in [-0.39, 0.29) is 5.91 Å².